The number of carbonyl (C=O) groups is 2. The molecule has 1 fully saturated rings. The van der Waals surface area contributed by atoms with E-state index in [0.29, 0.717) is 18.7 Å². The van der Waals surface area contributed by atoms with Crippen LogP contribution in [0.5, 0.6) is 0 Å². The topological polar surface area (TPSA) is 88.7 Å². The first-order chi connectivity index (χ1) is 18.7. The number of amides is 2. The number of benzene rings is 2. The average molecular weight is 535 g/mol. The lowest BCUT2D eigenvalue weighted by Crippen LogP contribution is -2.49. The molecule has 39 heavy (non-hydrogen) atoms. The Morgan fingerprint density at radius 3 is 2.31 bits per heavy atom. The molecule has 1 heterocycles. The summed E-state index contributed by atoms with van der Waals surface area (Å²) in [6, 6.07) is 15.7. The fourth-order valence-electron chi connectivity index (χ4n) is 5.14. The molecular formula is C30H35FN4O4. The van der Waals surface area contributed by atoms with Gasteiger partial charge in [0.15, 0.2) is 0 Å². The van der Waals surface area contributed by atoms with E-state index in [9.17, 15) is 24.1 Å². The SMILES string of the molecule is CC(C)N(CC(=O)N(Cc1cccn1Cc1ccc(F)cc1)C1CCCCC1)C(=O)c1ccc([N+](=O)[O-])cc1. The van der Waals surface area contributed by atoms with Crippen LogP contribution >= 0.6 is 0 Å². The second kappa shape index (κ2) is 12.7. The molecule has 0 spiro atoms. The maximum Gasteiger partial charge on any atom is 0.269 e. The second-order valence-electron chi connectivity index (χ2n) is 10.4. The minimum absolute atomic E-state index is 0.0807. The number of nitrogens with zero attached hydrogens (tertiary/aromatic N) is 4. The molecule has 9 heteroatoms. The number of hydrogen-bond acceptors (Lipinski definition) is 4. The summed E-state index contributed by atoms with van der Waals surface area (Å²) in [6.45, 7) is 4.61. The molecule has 1 saturated carbocycles. The Kier molecular flexibility index (Phi) is 9.11. The summed E-state index contributed by atoms with van der Waals surface area (Å²) in [7, 11) is 0. The van der Waals surface area contributed by atoms with Crippen molar-refractivity contribution in [1.29, 1.82) is 0 Å². The highest BCUT2D eigenvalue weighted by molar-refractivity contribution is 5.97. The Labute approximate surface area is 228 Å². The van der Waals surface area contributed by atoms with Gasteiger partial charge >= 0.3 is 0 Å². The molecule has 8 nitrogen and oxygen atoms in total. The van der Waals surface area contributed by atoms with E-state index in [1.807, 2.05) is 37.1 Å². The molecule has 1 aromatic heterocycles. The van der Waals surface area contributed by atoms with Gasteiger partial charge in [-0.3, -0.25) is 19.7 Å². The summed E-state index contributed by atoms with van der Waals surface area (Å²) in [4.78, 5) is 41.2. The first kappa shape index (κ1) is 28.0. The van der Waals surface area contributed by atoms with Crippen molar-refractivity contribution in [2.45, 2.75) is 71.1 Å². The lowest BCUT2D eigenvalue weighted by molar-refractivity contribution is -0.384. The molecule has 206 valence electrons. The number of nitro benzene ring substituents is 1. The third-order valence-electron chi connectivity index (χ3n) is 7.37. The average Bonchev–Trinajstić information content (AvgIpc) is 3.37. The Morgan fingerprint density at radius 2 is 1.69 bits per heavy atom. The van der Waals surface area contributed by atoms with Gasteiger partial charge in [-0.05, 0) is 68.7 Å². The maximum atomic E-state index is 13.9. The number of halogens is 1. The molecule has 0 radical (unpaired) electrons. The standard InChI is InChI=1S/C30H35FN4O4/c1-22(2)33(30(37)24-12-16-27(17-13-24)35(38)39)21-29(36)34(26-7-4-3-5-8-26)20-28-9-6-18-32(28)19-23-10-14-25(31)15-11-23/h6,9-18,22,26H,3-5,7-8,19-21H2,1-2H3. The first-order valence-corrected chi connectivity index (χ1v) is 13.5. The lowest BCUT2D eigenvalue weighted by Gasteiger charge is -2.37. The number of hydrogen-bond donors (Lipinski definition) is 0. The van der Waals surface area contributed by atoms with Crippen molar-refractivity contribution >= 4 is 17.5 Å². The van der Waals surface area contributed by atoms with Crippen LogP contribution in [0.3, 0.4) is 0 Å². The first-order valence-electron chi connectivity index (χ1n) is 13.5. The second-order valence-corrected chi connectivity index (χ2v) is 10.4. The van der Waals surface area contributed by atoms with E-state index in [0.717, 1.165) is 43.4 Å². The Balaban J connectivity index is 1.54. The number of rotatable bonds is 10. The third kappa shape index (κ3) is 7.10. The van der Waals surface area contributed by atoms with Crippen LogP contribution in [0.4, 0.5) is 10.1 Å². The number of nitro groups is 1. The molecule has 0 atom stereocenters. The summed E-state index contributed by atoms with van der Waals surface area (Å²) in [5.41, 5.74) is 2.14. The number of aromatic nitrogens is 1. The highest BCUT2D eigenvalue weighted by atomic mass is 19.1. The molecule has 0 unspecified atom stereocenters. The quantitative estimate of drug-likeness (QED) is 0.243. The highest BCUT2D eigenvalue weighted by Gasteiger charge is 2.30. The summed E-state index contributed by atoms with van der Waals surface area (Å²) >= 11 is 0. The van der Waals surface area contributed by atoms with Crippen LogP contribution in [-0.2, 0) is 17.9 Å². The van der Waals surface area contributed by atoms with Crippen molar-refractivity contribution in [3.05, 3.63) is 99.6 Å². The summed E-state index contributed by atoms with van der Waals surface area (Å²) < 4.78 is 15.4. The summed E-state index contributed by atoms with van der Waals surface area (Å²) in [6.07, 6.45) is 7.06. The van der Waals surface area contributed by atoms with Crippen molar-refractivity contribution in [2.75, 3.05) is 6.54 Å². The molecule has 0 N–H and O–H groups in total. The van der Waals surface area contributed by atoms with Crippen LogP contribution in [0.1, 0.15) is 67.6 Å². The molecule has 0 saturated heterocycles. The van der Waals surface area contributed by atoms with Crippen molar-refractivity contribution in [2.24, 2.45) is 0 Å². The van der Waals surface area contributed by atoms with E-state index in [1.165, 1.54) is 41.3 Å². The van der Waals surface area contributed by atoms with E-state index in [2.05, 4.69) is 4.57 Å². The largest absolute Gasteiger partial charge is 0.345 e. The molecule has 4 rings (SSSR count). The van der Waals surface area contributed by atoms with Crippen LogP contribution in [-0.4, -0.2) is 49.7 Å². The molecule has 1 aliphatic carbocycles. The Morgan fingerprint density at radius 1 is 1.03 bits per heavy atom. The summed E-state index contributed by atoms with van der Waals surface area (Å²) in [5, 5.41) is 11.0. The molecular weight excluding hydrogens is 499 g/mol. The summed E-state index contributed by atoms with van der Waals surface area (Å²) in [5.74, 6) is -0.740. The fraction of sp³-hybridized carbons (Fsp3) is 0.400. The van der Waals surface area contributed by atoms with Crippen molar-refractivity contribution < 1.29 is 18.9 Å². The van der Waals surface area contributed by atoms with Crippen LogP contribution in [0, 0.1) is 15.9 Å². The van der Waals surface area contributed by atoms with Gasteiger partial charge in [0, 0.05) is 48.2 Å². The lowest BCUT2D eigenvalue weighted by atomic mass is 9.94. The predicted molar refractivity (Wildman–Crippen MR) is 147 cm³/mol. The molecule has 3 aromatic rings. The smallest absolute Gasteiger partial charge is 0.269 e. The molecule has 1 aliphatic rings. The zero-order valence-corrected chi connectivity index (χ0v) is 22.5. The van der Waals surface area contributed by atoms with Crippen LogP contribution in [0.25, 0.3) is 0 Å². The van der Waals surface area contributed by atoms with Crippen molar-refractivity contribution in [3.63, 3.8) is 0 Å². The molecule has 0 aliphatic heterocycles. The highest BCUT2D eigenvalue weighted by Crippen LogP contribution is 2.25. The van der Waals surface area contributed by atoms with Crippen LogP contribution < -0.4 is 0 Å². The van der Waals surface area contributed by atoms with Crippen molar-refractivity contribution in [3.8, 4) is 0 Å². The van der Waals surface area contributed by atoms with Gasteiger partial charge in [-0.15, -0.1) is 0 Å². The van der Waals surface area contributed by atoms with Gasteiger partial charge in [0.25, 0.3) is 11.6 Å². The molecule has 2 aromatic carbocycles. The van der Waals surface area contributed by atoms with Crippen LogP contribution in [0.15, 0.2) is 66.9 Å². The van der Waals surface area contributed by atoms with Gasteiger partial charge in [0.1, 0.15) is 12.4 Å². The number of carbonyl (C=O) groups excluding carboxylic acids is 2. The monoisotopic (exact) mass is 534 g/mol. The maximum absolute atomic E-state index is 13.9. The van der Waals surface area contributed by atoms with E-state index in [-0.39, 0.29) is 41.9 Å². The van der Waals surface area contributed by atoms with Gasteiger partial charge < -0.3 is 14.4 Å². The minimum Gasteiger partial charge on any atom is -0.345 e. The van der Waals surface area contributed by atoms with Gasteiger partial charge in [0.2, 0.25) is 5.91 Å². The van der Waals surface area contributed by atoms with Crippen LogP contribution in [0.2, 0.25) is 0 Å². The van der Waals surface area contributed by atoms with E-state index >= 15 is 0 Å². The van der Waals surface area contributed by atoms with Crippen molar-refractivity contribution in [1.82, 2.24) is 14.4 Å². The predicted octanol–water partition coefficient (Wildman–Crippen LogP) is 5.80. The van der Waals surface area contributed by atoms with E-state index < -0.39 is 4.92 Å². The number of non-ortho nitro benzene ring substituents is 1. The Hall–Kier alpha value is -4.01. The molecule has 0 bridgehead atoms. The van der Waals surface area contributed by atoms with Gasteiger partial charge in [-0.1, -0.05) is 31.4 Å². The van der Waals surface area contributed by atoms with E-state index in [1.54, 1.807) is 12.1 Å². The zero-order chi connectivity index (χ0) is 27.9. The normalized spacial score (nSPS) is 13.8. The van der Waals surface area contributed by atoms with Gasteiger partial charge in [-0.2, -0.15) is 0 Å². The zero-order valence-electron chi connectivity index (χ0n) is 22.5. The molecule has 2 amide bonds. The third-order valence-corrected chi connectivity index (χ3v) is 7.37. The fourth-order valence-corrected chi connectivity index (χ4v) is 5.14. The minimum atomic E-state index is -0.508. The van der Waals surface area contributed by atoms with Gasteiger partial charge in [0.05, 0.1) is 11.5 Å². The Bertz CT molecular complexity index is 1280. The van der Waals surface area contributed by atoms with E-state index in [4.69, 9.17) is 0 Å². The van der Waals surface area contributed by atoms with Gasteiger partial charge in [-0.25, -0.2) is 4.39 Å².